The zero-order valence-corrected chi connectivity index (χ0v) is 6.04. The van der Waals surface area contributed by atoms with Crippen LogP contribution in [0.25, 0.3) is 10.8 Å². The van der Waals surface area contributed by atoms with Gasteiger partial charge in [0.05, 0.1) is 1.37 Å². The molecule has 2 aromatic carbocycles. The first-order valence-electron chi connectivity index (χ1n) is 4.02. The summed E-state index contributed by atoms with van der Waals surface area (Å²) in [6.07, 6.45) is 0. The Hall–Kier alpha value is -1.50. The lowest BCUT2D eigenvalue weighted by atomic mass is 10.1. The van der Waals surface area contributed by atoms with Crippen molar-refractivity contribution >= 4 is 16.5 Å². The van der Waals surface area contributed by atoms with E-state index in [4.69, 9.17) is 7.10 Å². The van der Waals surface area contributed by atoms with Gasteiger partial charge in [0.2, 0.25) is 0 Å². The van der Waals surface area contributed by atoms with Gasteiger partial charge >= 0.3 is 0 Å². The highest BCUT2D eigenvalue weighted by molar-refractivity contribution is 5.85. The van der Waals surface area contributed by atoms with Gasteiger partial charge in [0.1, 0.15) is 0 Å². The Morgan fingerprint density at radius 2 is 2.00 bits per heavy atom. The molecule has 54 valence electrons. The minimum Gasteiger partial charge on any atom is -0.399 e. The van der Waals surface area contributed by atoms with E-state index >= 15 is 0 Å². The highest BCUT2D eigenvalue weighted by Crippen LogP contribution is 2.15. The van der Waals surface area contributed by atoms with Gasteiger partial charge in [-0.05, 0) is 22.9 Å². The monoisotopic (exact) mass is 144 g/mol. The molecule has 0 amide bonds. The van der Waals surface area contributed by atoms with Crippen molar-refractivity contribution in [3.05, 3.63) is 42.4 Å². The molecule has 0 unspecified atom stereocenters. The summed E-state index contributed by atoms with van der Waals surface area (Å²) < 4.78 is 7.60. The number of anilines is 1. The Morgan fingerprint density at radius 1 is 1.09 bits per heavy atom. The topological polar surface area (TPSA) is 26.0 Å². The number of rotatable bonds is 0. The molecule has 0 saturated carbocycles. The molecule has 2 N–H and O–H groups in total. The summed E-state index contributed by atoms with van der Waals surface area (Å²) in [6.45, 7) is 0. The lowest BCUT2D eigenvalue weighted by Gasteiger charge is -1.96. The molecule has 0 aliphatic carbocycles. The van der Waals surface area contributed by atoms with Crippen molar-refractivity contribution in [2.45, 2.75) is 0 Å². The highest BCUT2D eigenvalue weighted by atomic mass is 14.5. The van der Waals surface area contributed by atoms with E-state index in [1.807, 2.05) is 30.3 Å². The minimum absolute atomic E-state index is 0.528. The third-order valence-electron chi connectivity index (χ3n) is 1.69. The van der Waals surface area contributed by atoms with Crippen LogP contribution in [-0.2, 0) is 0 Å². The average molecular weight is 144 g/mol. The lowest BCUT2D eigenvalue weighted by Crippen LogP contribution is -1.82. The Bertz CT molecular complexity index is 423. The van der Waals surface area contributed by atoms with Gasteiger partial charge in [-0.1, -0.05) is 30.3 Å². The van der Waals surface area contributed by atoms with E-state index in [1.165, 1.54) is 0 Å². The van der Waals surface area contributed by atoms with Crippen LogP contribution in [0.15, 0.2) is 42.4 Å². The number of benzene rings is 2. The van der Waals surface area contributed by atoms with E-state index in [-0.39, 0.29) is 0 Å². The van der Waals surface area contributed by atoms with Crippen LogP contribution in [0, 0.1) is 0 Å². The van der Waals surface area contributed by atoms with Crippen LogP contribution in [0.4, 0.5) is 5.69 Å². The number of nitrogen functional groups attached to an aromatic ring is 1. The molecule has 0 aromatic heterocycles. The zero-order valence-electron chi connectivity index (χ0n) is 7.04. The van der Waals surface area contributed by atoms with Crippen molar-refractivity contribution in [3.63, 3.8) is 0 Å². The number of fused-ring (bicyclic) bond motifs is 1. The minimum atomic E-state index is 0.528. The number of hydrogen-bond donors (Lipinski definition) is 1. The van der Waals surface area contributed by atoms with Crippen LogP contribution in [0.3, 0.4) is 0 Å². The van der Waals surface area contributed by atoms with Gasteiger partial charge in [-0.2, -0.15) is 0 Å². The summed E-state index contributed by atoms with van der Waals surface area (Å²) >= 11 is 0. The normalized spacial score (nSPS) is 11.5. The van der Waals surface area contributed by atoms with Crippen LogP contribution in [0.1, 0.15) is 1.37 Å². The summed E-state index contributed by atoms with van der Waals surface area (Å²) in [6, 6.07) is 11.8. The van der Waals surface area contributed by atoms with E-state index < -0.39 is 0 Å². The Balaban J connectivity index is 2.88. The van der Waals surface area contributed by atoms with Crippen molar-refractivity contribution in [2.75, 3.05) is 5.73 Å². The molecular weight excluding hydrogens is 134 g/mol. The average Bonchev–Trinajstić information content (AvgIpc) is 2.07. The molecule has 0 aliphatic rings. The van der Waals surface area contributed by atoms with E-state index in [9.17, 15) is 0 Å². The number of nitrogens with two attached hydrogens (primary N) is 1. The standard InChI is InChI=1S/C10H9N/c11-10-6-5-8-3-1-2-4-9(8)7-10/h1-7H,11H2/i4D. The predicted molar refractivity (Wildman–Crippen MR) is 48.4 cm³/mol. The molecule has 2 rings (SSSR count). The van der Waals surface area contributed by atoms with Crippen molar-refractivity contribution in [3.8, 4) is 0 Å². The van der Waals surface area contributed by atoms with Gasteiger partial charge in [-0.15, -0.1) is 0 Å². The van der Waals surface area contributed by atoms with Crippen molar-refractivity contribution in [1.29, 1.82) is 0 Å². The van der Waals surface area contributed by atoms with E-state index in [1.54, 1.807) is 6.07 Å². The fraction of sp³-hybridized carbons (Fsp3) is 0. The molecule has 0 atom stereocenters. The molecule has 0 radical (unpaired) electrons. The second kappa shape index (κ2) is 2.27. The molecule has 0 spiro atoms. The second-order valence-corrected chi connectivity index (χ2v) is 2.52. The molecule has 1 heteroatoms. The molecule has 1 nitrogen and oxygen atoms in total. The fourth-order valence-electron chi connectivity index (χ4n) is 1.13. The van der Waals surface area contributed by atoms with Gasteiger partial charge in [0, 0.05) is 5.69 Å². The lowest BCUT2D eigenvalue weighted by molar-refractivity contribution is 1.73. The smallest absolute Gasteiger partial charge is 0.0629 e. The van der Waals surface area contributed by atoms with Crippen LogP contribution in [0.5, 0.6) is 0 Å². The summed E-state index contributed by atoms with van der Waals surface area (Å²) in [5, 5.41) is 1.98. The van der Waals surface area contributed by atoms with Crippen LogP contribution >= 0.6 is 0 Å². The Morgan fingerprint density at radius 3 is 2.91 bits per heavy atom. The third-order valence-corrected chi connectivity index (χ3v) is 1.69. The van der Waals surface area contributed by atoms with Crippen molar-refractivity contribution in [1.82, 2.24) is 0 Å². The van der Waals surface area contributed by atoms with Crippen LogP contribution in [-0.4, -0.2) is 0 Å². The summed E-state index contributed by atoms with van der Waals surface area (Å²) in [5.74, 6) is 0. The maximum absolute atomic E-state index is 7.60. The van der Waals surface area contributed by atoms with E-state index in [2.05, 4.69) is 0 Å². The molecule has 0 saturated heterocycles. The molecule has 0 bridgehead atoms. The largest absolute Gasteiger partial charge is 0.399 e. The maximum atomic E-state index is 7.60. The van der Waals surface area contributed by atoms with Gasteiger partial charge in [-0.25, -0.2) is 0 Å². The second-order valence-electron chi connectivity index (χ2n) is 2.52. The summed E-state index contributed by atoms with van der Waals surface area (Å²) in [5.41, 5.74) is 6.32. The Labute approximate surface area is 66.9 Å². The molecular formula is C10H9N. The molecule has 0 fully saturated rings. The predicted octanol–water partition coefficient (Wildman–Crippen LogP) is 2.42. The molecule has 2 aromatic rings. The first kappa shape index (κ1) is 5.19. The number of hydrogen-bond acceptors (Lipinski definition) is 1. The van der Waals surface area contributed by atoms with Gasteiger partial charge in [0.15, 0.2) is 0 Å². The fourth-order valence-corrected chi connectivity index (χ4v) is 1.13. The first-order chi connectivity index (χ1) is 5.77. The molecule has 0 heterocycles. The quantitative estimate of drug-likeness (QED) is 0.564. The summed E-state index contributed by atoms with van der Waals surface area (Å²) in [7, 11) is 0. The van der Waals surface area contributed by atoms with Crippen LogP contribution in [0.2, 0.25) is 0 Å². The van der Waals surface area contributed by atoms with Crippen molar-refractivity contribution in [2.24, 2.45) is 0 Å². The SMILES string of the molecule is [2H]c1cccc2ccc(N)cc12. The van der Waals surface area contributed by atoms with E-state index in [0.717, 1.165) is 10.8 Å². The highest BCUT2D eigenvalue weighted by Gasteiger charge is 1.89. The van der Waals surface area contributed by atoms with E-state index in [0.29, 0.717) is 11.7 Å². The van der Waals surface area contributed by atoms with Crippen molar-refractivity contribution < 1.29 is 1.37 Å². The maximum Gasteiger partial charge on any atom is 0.0629 e. The van der Waals surface area contributed by atoms with Gasteiger partial charge in [0.25, 0.3) is 0 Å². The molecule has 11 heavy (non-hydrogen) atoms. The summed E-state index contributed by atoms with van der Waals surface area (Å²) in [4.78, 5) is 0. The van der Waals surface area contributed by atoms with Crippen LogP contribution < -0.4 is 5.73 Å². The van der Waals surface area contributed by atoms with Gasteiger partial charge in [-0.3, -0.25) is 0 Å². The Kier molecular flexibility index (Phi) is 1.07. The third kappa shape index (κ3) is 1.05. The first-order valence-corrected chi connectivity index (χ1v) is 3.52. The molecule has 0 aliphatic heterocycles. The zero-order chi connectivity index (χ0) is 8.55. The van der Waals surface area contributed by atoms with Gasteiger partial charge < -0.3 is 5.73 Å².